The third-order valence-electron chi connectivity index (χ3n) is 16.6. The van der Waals surface area contributed by atoms with Crippen molar-refractivity contribution in [3.63, 3.8) is 0 Å². The third kappa shape index (κ3) is 9.42. The van der Waals surface area contributed by atoms with Gasteiger partial charge in [0.05, 0.1) is 61.1 Å². The highest BCUT2D eigenvalue weighted by molar-refractivity contribution is 7.23. The lowest BCUT2D eigenvalue weighted by molar-refractivity contribution is -0.172. The Bertz CT molecular complexity index is 4080. The molecule has 19 nitrogen and oxygen atoms in total. The number of nitrogen functional groups attached to an aromatic ring is 1. The van der Waals surface area contributed by atoms with Crippen LogP contribution in [0, 0.1) is 28.8 Å². The number of pyridine rings is 2. The Hall–Kier alpha value is -7.95. The Morgan fingerprint density at radius 3 is 2.65 bits per heavy atom. The highest BCUT2D eigenvalue weighted by atomic mass is 35.5. The zero-order valence-corrected chi connectivity index (χ0v) is 47.0. The Kier molecular flexibility index (Phi) is 14.1. The number of hydrogen-bond donors (Lipinski definition) is 3. The summed E-state index contributed by atoms with van der Waals surface area (Å²) in [6, 6.07) is 11.1. The van der Waals surface area contributed by atoms with Crippen molar-refractivity contribution in [2.45, 2.75) is 76.0 Å². The van der Waals surface area contributed by atoms with Crippen molar-refractivity contribution >= 4 is 89.3 Å². The van der Waals surface area contributed by atoms with Gasteiger partial charge in [0.2, 0.25) is 0 Å². The summed E-state index contributed by atoms with van der Waals surface area (Å²) in [6.07, 6.45) is 1.28. The number of rotatable bonds is 12. The number of nitriles is 1. The quantitative estimate of drug-likeness (QED) is 0.0595. The topological polar surface area (TPSA) is 235 Å². The number of nitrogens with two attached hydrogens (primary N) is 1. The highest BCUT2D eigenvalue weighted by Gasteiger charge is 2.50. The van der Waals surface area contributed by atoms with Crippen LogP contribution >= 0.6 is 22.9 Å². The number of cyclic esters (lactones) is 1. The maximum Gasteiger partial charge on any atom is 0.412 e. The molecule has 0 bridgehead atoms. The van der Waals surface area contributed by atoms with Crippen LogP contribution in [0.1, 0.15) is 61.8 Å². The molecule has 3 saturated heterocycles. The van der Waals surface area contributed by atoms with Gasteiger partial charge in [0.15, 0.2) is 11.4 Å². The maximum absolute atomic E-state index is 17.5. The van der Waals surface area contributed by atoms with Crippen molar-refractivity contribution in [2.75, 3.05) is 82.5 Å². The number of hydrogen-bond acceptors (Lipinski definition) is 17. The summed E-state index contributed by atoms with van der Waals surface area (Å²) in [5, 5.41) is 24.4. The molecule has 0 saturated carbocycles. The van der Waals surface area contributed by atoms with Gasteiger partial charge in [-0.1, -0.05) is 30.7 Å². The number of halogens is 5. The average molecular weight is 1180 g/mol. The van der Waals surface area contributed by atoms with E-state index in [2.05, 4.69) is 20.2 Å². The Morgan fingerprint density at radius 1 is 1.08 bits per heavy atom. The fraction of sp³-hybridized carbons (Fsp3) is 0.379. The van der Waals surface area contributed by atoms with E-state index in [4.69, 9.17) is 36.5 Å². The molecule has 430 valence electrons. The van der Waals surface area contributed by atoms with E-state index in [1.54, 1.807) is 44.1 Å². The van der Waals surface area contributed by atoms with Crippen molar-refractivity contribution in [3.8, 4) is 34.6 Å². The fourth-order valence-corrected chi connectivity index (χ4v) is 13.6. The van der Waals surface area contributed by atoms with Crippen LogP contribution in [0.2, 0.25) is 5.02 Å². The van der Waals surface area contributed by atoms with Gasteiger partial charge in [-0.05, 0) is 82.7 Å². The fourth-order valence-electron chi connectivity index (χ4n) is 12.4. The second-order valence-corrected chi connectivity index (χ2v) is 23.5. The number of aliphatic hydroxyl groups is 1. The number of nitrogens with zero attached hydrogens (tertiary/aromatic N) is 9. The van der Waals surface area contributed by atoms with Gasteiger partial charge in [0, 0.05) is 84.1 Å². The number of fused-ring (bicyclic) bond motifs is 8. The number of thiophene rings is 1. The molecule has 7 aromatic rings. The molecule has 0 spiro atoms. The number of ether oxygens (including phenoxy) is 3. The smallest absolute Gasteiger partial charge is 0.412 e. The molecule has 4 N–H and O–H groups in total. The molecule has 5 aliphatic heterocycles. The monoisotopic (exact) mass is 1180 g/mol. The summed E-state index contributed by atoms with van der Waals surface area (Å²) in [4.78, 5) is 75.8. The molecule has 2 amide bonds. The van der Waals surface area contributed by atoms with Crippen LogP contribution in [-0.2, 0) is 37.8 Å². The molecular weight excluding hydrogens is 1120 g/mol. The molecule has 4 atom stereocenters. The third-order valence-corrected chi connectivity index (χ3v) is 18.0. The lowest BCUT2D eigenvalue weighted by atomic mass is 9.86. The lowest BCUT2D eigenvalue weighted by Crippen LogP contribution is -2.54. The van der Waals surface area contributed by atoms with Crippen molar-refractivity contribution in [3.05, 3.63) is 109 Å². The minimum Gasteiger partial charge on any atom is -0.461 e. The summed E-state index contributed by atoms with van der Waals surface area (Å²) < 4.78 is 82.1. The van der Waals surface area contributed by atoms with E-state index in [0.29, 0.717) is 35.3 Å². The molecule has 9 heterocycles. The van der Waals surface area contributed by atoms with Crippen LogP contribution in [0.5, 0.6) is 6.01 Å². The molecule has 4 aromatic heterocycles. The number of alkyl halides is 1. The van der Waals surface area contributed by atoms with Crippen molar-refractivity contribution in [2.24, 2.45) is 0 Å². The second-order valence-electron chi connectivity index (χ2n) is 22.0. The van der Waals surface area contributed by atoms with Gasteiger partial charge in [-0.25, -0.2) is 32.1 Å². The average Bonchev–Trinajstić information content (AvgIpc) is 2.07. The van der Waals surface area contributed by atoms with Crippen molar-refractivity contribution < 1.29 is 51.3 Å². The summed E-state index contributed by atoms with van der Waals surface area (Å²) in [7, 11) is 3.60. The Morgan fingerprint density at radius 2 is 1.89 bits per heavy atom. The molecule has 3 fully saturated rings. The van der Waals surface area contributed by atoms with Crippen LogP contribution in [0.4, 0.5) is 38.9 Å². The normalized spacial score (nSPS) is 21.3. The zero-order chi connectivity index (χ0) is 58.6. The van der Waals surface area contributed by atoms with E-state index in [-0.39, 0.29) is 153 Å². The molecule has 12 rings (SSSR count). The molecule has 0 radical (unpaired) electrons. The summed E-state index contributed by atoms with van der Waals surface area (Å²) in [6.45, 7) is 4.43. The van der Waals surface area contributed by atoms with E-state index in [1.165, 1.54) is 22.8 Å². The Balaban J connectivity index is 0.787. The summed E-state index contributed by atoms with van der Waals surface area (Å²) >= 11 is 7.86. The first-order valence-corrected chi connectivity index (χ1v) is 28.2. The van der Waals surface area contributed by atoms with Crippen LogP contribution in [0.25, 0.3) is 54.4 Å². The number of nitrogens with one attached hydrogen (secondary N) is 1. The van der Waals surface area contributed by atoms with Gasteiger partial charge in [0.25, 0.3) is 11.5 Å². The van der Waals surface area contributed by atoms with Crippen LogP contribution in [0.15, 0.2) is 58.9 Å². The molecule has 0 aliphatic carbocycles. The van der Waals surface area contributed by atoms with Crippen LogP contribution in [-0.4, -0.2) is 142 Å². The second kappa shape index (κ2) is 21.0. The first kappa shape index (κ1) is 55.6. The van der Waals surface area contributed by atoms with E-state index < -0.39 is 70.9 Å². The molecule has 3 aromatic carbocycles. The molecule has 83 heavy (non-hydrogen) atoms. The first-order chi connectivity index (χ1) is 39.7. The predicted octanol–water partition coefficient (Wildman–Crippen LogP) is 8.16. The number of carbonyl (C=O) groups is 3. The van der Waals surface area contributed by atoms with Gasteiger partial charge in [-0.2, -0.15) is 15.2 Å². The number of anilines is 3. The van der Waals surface area contributed by atoms with E-state index in [9.17, 15) is 33.9 Å². The van der Waals surface area contributed by atoms with Gasteiger partial charge >= 0.3 is 18.1 Å². The Labute approximate surface area is 480 Å². The summed E-state index contributed by atoms with van der Waals surface area (Å²) in [5.41, 5.74) is 4.53. The van der Waals surface area contributed by atoms with Gasteiger partial charge in [-0.3, -0.25) is 19.8 Å². The molecule has 5 aliphatic rings. The number of carbonyl (C=O) groups excluding carboxylic acids is 3. The standard InChI is InChI=1S/C58H54ClF4N11O8S/c1-5-58(79)37-18-43-47-31(23-74(43)53(76)36(37)26-80-54(58)77)15-30-16-42(40(62)19-41(30)66-47)67-56(78)81-25-29(9-12-70(3)4)52(75)71-13-14-73(28(2)22-71)51-34-17-38(59)45(33-7-8-39(61)49-44(33)35(21-64)50(65)83-49)46(63)48(34)68-55(69-51)82-27-57-10-6-11-72(57)24-32(60)20-57/h7-9,15-19,28,32,79H,5-6,10-14,20,22-27,65H2,1-4H3,(H,67,78)/b29-9+. The van der Waals surface area contributed by atoms with Gasteiger partial charge in [-0.15, -0.1) is 11.3 Å². The first-order valence-electron chi connectivity index (χ1n) is 27.0. The molecule has 25 heteroatoms. The lowest BCUT2D eigenvalue weighted by Gasteiger charge is -2.41. The number of amides is 2. The zero-order valence-electron chi connectivity index (χ0n) is 45.4. The van der Waals surface area contributed by atoms with Gasteiger partial charge in [0.1, 0.15) is 60.0 Å². The van der Waals surface area contributed by atoms with Crippen LogP contribution in [0.3, 0.4) is 0 Å². The molecule has 4 unspecified atom stereocenters. The highest BCUT2D eigenvalue weighted by Crippen LogP contribution is 2.47. The van der Waals surface area contributed by atoms with E-state index in [0.717, 1.165) is 29.9 Å². The minimum atomic E-state index is -2.02. The van der Waals surface area contributed by atoms with Gasteiger partial charge < -0.3 is 44.3 Å². The van der Waals surface area contributed by atoms with E-state index >= 15 is 13.2 Å². The minimum absolute atomic E-state index is 0.0281. The largest absolute Gasteiger partial charge is 0.461 e. The number of esters is 1. The maximum atomic E-state index is 17.5. The molecular formula is C58H54ClF4N11O8S. The van der Waals surface area contributed by atoms with Crippen molar-refractivity contribution in [1.29, 1.82) is 5.26 Å². The number of piperazine rings is 1. The van der Waals surface area contributed by atoms with Crippen LogP contribution < -0.4 is 26.2 Å². The number of benzene rings is 3. The van der Waals surface area contributed by atoms with E-state index in [1.807, 2.05) is 22.8 Å². The number of likely N-dealkylation sites (N-methyl/N-ethyl adjacent to an activating group) is 1. The summed E-state index contributed by atoms with van der Waals surface area (Å²) in [5.74, 6) is -3.47. The predicted molar refractivity (Wildman–Crippen MR) is 302 cm³/mol. The van der Waals surface area contributed by atoms with Crippen molar-refractivity contribution in [1.82, 2.24) is 34.2 Å². The number of aromatic nitrogens is 4. The SMILES string of the molecule is CCC1(O)C(=O)OCc2c1cc1n(c2=O)Cc2cc3cc(NC(=O)OC/C(=C\CN(C)C)C(=O)N4CCN(c5nc(OCC67CCCN6CC(F)C7)nc6c(F)c(-c7ccc(F)c8sc(N)c(C#N)c78)c(Cl)cc56)C(C)C4)c(F)cc3nc2-1.